The summed E-state index contributed by atoms with van der Waals surface area (Å²) >= 11 is 3.37. The van der Waals surface area contributed by atoms with Gasteiger partial charge in [0.15, 0.2) is 0 Å². The predicted octanol–water partition coefficient (Wildman–Crippen LogP) is 2.81. The maximum absolute atomic E-state index is 9.99. The number of hydrogen-bond donors (Lipinski definition) is 2. The lowest BCUT2D eigenvalue weighted by molar-refractivity contribution is 0.121. The number of phenolic OH excluding ortho intramolecular Hbond substituents is 1. The monoisotopic (exact) mass is 285 g/mol. The van der Waals surface area contributed by atoms with Gasteiger partial charge in [0, 0.05) is 5.56 Å². The fourth-order valence-electron chi connectivity index (χ4n) is 2.36. The number of rotatable bonds is 2. The molecule has 0 fully saturated rings. The molecule has 0 saturated heterocycles. The SMILES string of the molecule is NOCc1c(O)c(Br)cc2c1CCCCC2. The van der Waals surface area contributed by atoms with Gasteiger partial charge in [0.1, 0.15) is 5.75 Å². The number of nitrogens with two attached hydrogens (primary N) is 1. The van der Waals surface area contributed by atoms with Crippen LogP contribution in [0.15, 0.2) is 10.5 Å². The molecule has 1 aliphatic carbocycles. The minimum atomic E-state index is 0.270. The van der Waals surface area contributed by atoms with Crippen molar-refractivity contribution in [2.24, 2.45) is 5.90 Å². The van der Waals surface area contributed by atoms with Gasteiger partial charge in [0.25, 0.3) is 0 Å². The van der Waals surface area contributed by atoms with Crippen LogP contribution in [0.3, 0.4) is 0 Å². The minimum Gasteiger partial charge on any atom is -0.506 e. The number of aromatic hydroxyl groups is 1. The number of aryl methyl sites for hydroxylation is 1. The molecule has 3 N–H and O–H groups in total. The smallest absolute Gasteiger partial charge is 0.135 e. The van der Waals surface area contributed by atoms with Crippen LogP contribution >= 0.6 is 15.9 Å². The Bertz CT molecular complexity index is 393. The number of halogens is 1. The lowest BCUT2D eigenvalue weighted by Gasteiger charge is -2.15. The van der Waals surface area contributed by atoms with Crippen molar-refractivity contribution in [2.45, 2.75) is 38.7 Å². The minimum absolute atomic E-state index is 0.270. The van der Waals surface area contributed by atoms with E-state index in [2.05, 4.69) is 20.8 Å². The summed E-state index contributed by atoms with van der Waals surface area (Å²) in [6, 6.07) is 2.02. The highest BCUT2D eigenvalue weighted by atomic mass is 79.9. The molecule has 2 rings (SSSR count). The topological polar surface area (TPSA) is 55.5 Å². The van der Waals surface area contributed by atoms with Gasteiger partial charge in [-0.05, 0) is 58.8 Å². The Morgan fingerprint density at radius 2 is 2.06 bits per heavy atom. The van der Waals surface area contributed by atoms with Crippen LogP contribution in [0, 0.1) is 0 Å². The van der Waals surface area contributed by atoms with Crippen LogP contribution < -0.4 is 5.90 Å². The Morgan fingerprint density at radius 3 is 2.81 bits per heavy atom. The van der Waals surface area contributed by atoms with Gasteiger partial charge in [0.2, 0.25) is 0 Å². The predicted molar refractivity (Wildman–Crippen MR) is 66.0 cm³/mol. The zero-order valence-corrected chi connectivity index (χ0v) is 10.7. The third-order valence-electron chi connectivity index (χ3n) is 3.17. The van der Waals surface area contributed by atoms with Gasteiger partial charge in [-0.25, -0.2) is 5.90 Å². The van der Waals surface area contributed by atoms with E-state index in [-0.39, 0.29) is 12.4 Å². The lowest BCUT2D eigenvalue weighted by Crippen LogP contribution is -2.05. The Morgan fingerprint density at radius 1 is 1.31 bits per heavy atom. The van der Waals surface area contributed by atoms with Crippen molar-refractivity contribution >= 4 is 15.9 Å². The van der Waals surface area contributed by atoms with E-state index in [1.54, 1.807) is 0 Å². The van der Waals surface area contributed by atoms with E-state index < -0.39 is 0 Å². The van der Waals surface area contributed by atoms with Gasteiger partial charge in [-0.2, -0.15) is 0 Å². The molecule has 16 heavy (non-hydrogen) atoms. The average molecular weight is 286 g/mol. The van der Waals surface area contributed by atoms with E-state index in [1.807, 2.05) is 6.07 Å². The first-order valence-corrected chi connectivity index (χ1v) is 6.37. The van der Waals surface area contributed by atoms with Crippen molar-refractivity contribution in [3.63, 3.8) is 0 Å². The summed E-state index contributed by atoms with van der Waals surface area (Å²) in [5.41, 5.74) is 3.38. The Labute approximate surface area is 104 Å². The Kier molecular flexibility index (Phi) is 3.84. The third kappa shape index (κ3) is 2.24. The van der Waals surface area contributed by atoms with Crippen LogP contribution in [-0.4, -0.2) is 5.11 Å². The van der Waals surface area contributed by atoms with Crippen LogP contribution in [0.2, 0.25) is 0 Å². The van der Waals surface area contributed by atoms with Crippen LogP contribution in [0.25, 0.3) is 0 Å². The molecule has 0 amide bonds. The van der Waals surface area contributed by atoms with Gasteiger partial charge in [-0.1, -0.05) is 6.42 Å². The molecule has 0 radical (unpaired) electrons. The van der Waals surface area contributed by atoms with Crippen molar-refractivity contribution < 1.29 is 9.94 Å². The van der Waals surface area contributed by atoms with Crippen molar-refractivity contribution in [1.29, 1.82) is 0 Å². The van der Waals surface area contributed by atoms with Gasteiger partial charge in [-0.3, -0.25) is 4.84 Å². The fraction of sp³-hybridized carbons (Fsp3) is 0.500. The van der Waals surface area contributed by atoms with E-state index in [0.717, 1.165) is 22.9 Å². The zero-order valence-electron chi connectivity index (χ0n) is 9.13. The van der Waals surface area contributed by atoms with Crippen LogP contribution in [-0.2, 0) is 24.3 Å². The molecule has 0 atom stereocenters. The Balaban J connectivity index is 2.51. The molecule has 0 saturated carbocycles. The highest BCUT2D eigenvalue weighted by Gasteiger charge is 2.18. The summed E-state index contributed by atoms with van der Waals surface area (Å²) in [6.45, 7) is 0.271. The number of benzene rings is 1. The zero-order chi connectivity index (χ0) is 11.5. The molecule has 0 heterocycles. The second-order valence-electron chi connectivity index (χ2n) is 4.19. The second kappa shape index (κ2) is 5.17. The van der Waals surface area contributed by atoms with Crippen LogP contribution in [0.1, 0.15) is 36.0 Å². The normalized spacial score (nSPS) is 15.6. The van der Waals surface area contributed by atoms with Gasteiger partial charge >= 0.3 is 0 Å². The number of phenols is 1. The molecular formula is C12H16BrNO2. The summed E-state index contributed by atoms with van der Waals surface area (Å²) in [5.74, 6) is 5.39. The van der Waals surface area contributed by atoms with Gasteiger partial charge in [0.05, 0.1) is 11.1 Å². The maximum Gasteiger partial charge on any atom is 0.135 e. The highest BCUT2D eigenvalue weighted by molar-refractivity contribution is 9.10. The first-order chi connectivity index (χ1) is 7.74. The largest absolute Gasteiger partial charge is 0.506 e. The third-order valence-corrected chi connectivity index (χ3v) is 3.77. The first-order valence-electron chi connectivity index (χ1n) is 5.57. The lowest BCUT2D eigenvalue weighted by atomic mass is 9.96. The molecule has 3 nitrogen and oxygen atoms in total. The molecule has 0 aliphatic heterocycles. The molecule has 1 aromatic rings. The van der Waals surface area contributed by atoms with Crippen molar-refractivity contribution in [1.82, 2.24) is 0 Å². The summed E-state index contributed by atoms with van der Waals surface area (Å²) in [5, 5.41) is 9.99. The fourth-order valence-corrected chi connectivity index (χ4v) is 2.87. The van der Waals surface area contributed by atoms with E-state index >= 15 is 0 Å². The van der Waals surface area contributed by atoms with Crippen molar-refractivity contribution in [3.05, 3.63) is 27.2 Å². The maximum atomic E-state index is 9.99. The molecule has 0 bridgehead atoms. The summed E-state index contributed by atoms with van der Waals surface area (Å²) < 4.78 is 0.736. The van der Waals surface area contributed by atoms with E-state index in [9.17, 15) is 5.11 Å². The number of hydrogen-bond acceptors (Lipinski definition) is 3. The molecule has 4 heteroatoms. The van der Waals surface area contributed by atoms with E-state index in [1.165, 1.54) is 30.4 Å². The summed E-state index contributed by atoms with van der Waals surface area (Å²) in [6.07, 6.45) is 5.72. The van der Waals surface area contributed by atoms with E-state index in [0.29, 0.717) is 0 Å². The van der Waals surface area contributed by atoms with Crippen molar-refractivity contribution in [3.8, 4) is 5.75 Å². The quantitative estimate of drug-likeness (QED) is 0.649. The first kappa shape index (κ1) is 11.9. The highest BCUT2D eigenvalue weighted by Crippen LogP contribution is 2.36. The van der Waals surface area contributed by atoms with Crippen molar-refractivity contribution in [2.75, 3.05) is 0 Å². The second-order valence-corrected chi connectivity index (χ2v) is 5.05. The number of fused-ring (bicyclic) bond motifs is 1. The summed E-state index contributed by atoms with van der Waals surface area (Å²) in [4.78, 5) is 4.69. The molecule has 1 aromatic carbocycles. The molecule has 0 aromatic heterocycles. The van der Waals surface area contributed by atoms with E-state index in [4.69, 9.17) is 5.90 Å². The average Bonchev–Trinajstić information content (AvgIpc) is 2.50. The molecule has 0 unspecified atom stereocenters. The van der Waals surface area contributed by atoms with Gasteiger partial charge in [-0.15, -0.1) is 0 Å². The molecule has 0 spiro atoms. The van der Waals surface area contributed by atoms with Crippen LogP contribution in [0.4, 0.5) is 0 Å². The molecular weight excluding hydrogens is 270 g/mol. The molecule has 88 valence electrons. The van der Waals surface area contributed by atoms with Gasteiger partial charge < -0.3 is 5.11 Å². The summed E-state index contributed by atoms with van der Waals surface area (Å²) in [7, 11) is 0. The van der Waals surface area contributed by atoms with Crippen LogP contribution in [0.5, 0.6) is 5.75 Å². The Hall–Kier alpha value is -0.580. The molecule has 1 aliphatic rings. The standard InChI is InChI=1S/C12H16BrNO2/c13-11-6-8-4-2-1-3-5-9(8)10(7-16-14)12(11)15/h6,15H,1-5,7,14H2.